The molecule has 0 saturated carbocycles. The van der Waals surface area contributed by atoms with E-state index in [2.05, 4.69) is 10.2 Å². The number of nitrogens with two attached hydrogens (primary N) is 1. The van der Waals surface area contributed by atoms with Crippen molar-refractivity contribution in [3.05, 3.63) is 53.4 Å². The van der Waals surface area contributed by atoms with E-state index in [0.717, 1.165) is 16.3 Å². The number of nitrogens with zero attached hydrogens (tertiary/aromatic N) is 4. The number of primary amides is 1. The van der Waals surface area contributed by atoms with Crippen molar-refractivity contribution in [2.24, 2.45) is 12.8 Å². The van der Waals surface area contributed by atoms with Crippen molar-refractivity contribution >= 4 is 34.9 Å². The Morgan fingerprint density at radius 1 is 1.18 bits per heavy atom. The van der Waals surface area contributed by atoms with Gasteiger partial charge >= 0.3 is 0 Å². The van der Waals surface area contributed by atoms with Crippen LogP contribution in [0.15, 0.2) is 53.0 Å². The van der Waals surface area contributed by atoms with Crippen molar-refractivity contribution in [3.8, 4) is 10.7 Å². The van der Waals surface area contributed by atoms with Gasteiger partial charge in [-0.25, -0.2) is 0 Å². The number of rotatable bonds is 9. The summed E-state index contributed by atoms with van der Waals surface area (Å²) in [5.74, 6) is 0.491. The van der Waals surface area contributed by atoms with Gasteiger partial charge in [-0.3, -0.25) is 9.59 Å². The second-order valence-electron chi connectivity index (χ2n) is 6.15. The van der Waals surface area contributed by atoms with Crippen molar-refractivity contribution in [2.45, 2.75) is 18.1 Å². The Bertz CT molecular complexity index is 925. The minimum atomic E-state index is -0.424. The monoisotopic (exact) mass is 415 g/mol. The highest BCUT2D eigenvalue weighted by atomic mass is 32.2. The minimum Gasteiger partial charge on any atom is -0.370 e. The number of thiophene rings is 1. The summed E-state index contributed by atoms with van der Waals surface area (Å²) in [6, 6.07) is 13.6. The average molecular weight is 416 g/mol. The Hall–Kier alpha value is -2.65. The van der Waals surface area contributed by atoms with Crippen molar-refractivity contribution in [3.63, 3.8) is 0 Å². The van der Waals surface area contributed by atoms with E-state index in [0.29, 0.717) is 18.2 Å². The first-order valence-electron chi connectivity index (χ1n) is 8.70. The number of carbonyl (C=O) groups is 2. The maximum Gasteiger partial charge on any atom is 0.233 e. The van der Waals surface area contributed by atoms with Crippen molar-refractivity contribution in [1.82, 2.24) is 19.7 Å². The molecule has 2 heterocycles. The second-order valence-corrected chi connectivity index (χ2v) is 8.04. The van der Waals surface area contributed by atoms with E-state index in [1.54, 1.807) is 16.2 Å². The molecule has 0 unspecified atom stereocenters. The zero-order valence-corrected chi connectivity index (χ0v) is 17.1. The Morgan fingerprint density at radius 2 is 1.96 bits per heavy atom. The molecule has 28 heavy (non-hydrogen) atoms. The fourth-order valence-corrected chi connectivity index (χ4v) is 4.18. The minimum absolute atomic E-state index is 0.0734. The van der Waals surface area contributed by atoms with Crippen LogP contribution in [0.5, 0.6) is 0 Å². The van der Waals surface area contributed by atoms with Crippen LogP contribution in [-0.2, 0) is 23.2 Å². The quantitative estimate of drug-likeness (QED) is 0.542. The fourth-order valence-electron chi connectivity index (χ4n) is 2.62. The molecule has 0 aliphatic carbocycles. The first-order valence-corrected chi connectivity index (χ1v) is 10.6. The number of benzene rings is 1. The molecule has 9 heteroatoms. The SMILES string of the molecule is Cn1c(SCC(=O)N(CCC(N)=O)Cc2ccccc2)nnc1-c1cccs1. The first-order chi connectivity index (χ1) is 13.5. The molecule has 0 bridgehead atoms. The molecular weight excluding hydrogens is 394 g/mol. The van der Waals surface area contributed by atoms with Crippen molar-refractivity contribution < 1.29 is 9.59 Å². The normalized spacial score (nSPS) is 10.8. The molecule has 3 rings (SSSR count). The van der Waals surface area contributed by atoms with Gasteiger partial charge in [-0.05, 0) is 17.0 Å². The summed E-state index contributed by atoms with van der Waals surface area (Å²) in [5.41, 5.74) is 6.27. The third kappa shape index (κ3) is 5.20. The predicted molar refractivity (Wildman–Crippen MR) is 111 cm³/mol. The summed E-state index contributed by atoms with van der Waals surface area (Å²) in [5, 5.41) is 11.1. The van der Waals surface area contributed by atoms with E-state index >= 15 is 0 Å². The lowest BCUT2D eigenvalue weighted by Crippen LogP contribution is -2.34. The van der Waals surface area contributed by atoms with E-state index < -0.39 is 5.91 Å². The number of thioether (sulfide) groups is 1. The summed E-state index contributed by atoms with van der Waals surface area (Å²) in [6.07, 6.45) is 0.135. The highest BCUT2D eigenvalue weighted by Crippen LogP contribution is 2.26. The van der Waals surface area contributed by atoms with Gasteiger partial charge in [0.15, 0.2) is 11.0 Å². The van der Waals surface area contributed by atoms with Crippen LogP contribution >= 0.6 is 23.1 Å². The molecule has 1 aromatic carbocycles. The molecule has 0 radical (unpaired) electrons. The van der Waals surface area contributed by atoms with Gasteiger partial charge in [-0.1, -0.05) is 48.2 Å². The van der Waals surface area contributed by atoms with Gasteiger partial charge in [0, 0.05) is 26.6 Å². The molecule has 7 nitrogen and oxygen atoms in total. The van der Waals surface area contributed by atoms with Gasteiger partial charge in [0.25, 0.3) is 0 Å². The van der Waals surface area contributed by atoms with E-state index in [1.165, 1.54) is 11.8 Å². The van der Waals surface area contributed by atoms with Gasteiger partial charge < -0.3 is 15.2 Å². The number of amides is 2. The molecule has 0 saturated heterocycles. The molecule has 2 amide bonds. The molecule has 0 fully saturated rings. The number of hydrogen-bond donors (Lipinski definition) is 1. The van der Waals surface area contributed by atoms with E-state index in [9.17, 15) is 9.59 Å². The van der Waals surface area contributed by atoms with E-state index in [4.69, 9.17) is 5.73 Å². The first kappa shape index (κ1) is 20.1. The van der Waals surface area contributed by atoms with Crippen LogP contribution in [0.3, 0.4) is 0 Å². The largest absolute Gasteiger partial charge is 0.370 e. The molecule has 2 aromatic heterocycles. The number of aromatic nitrogens is 3. The lowest BCUT2D eigenvalue weighted by atomic mass is 10.2. The topological polar surface area (TPSA) is 94.1 Å². The molecule has 0 aliphatic heterocycles. The second kappa shape index (κ2) is 9.52. The van der Waals surface area contributed by atoms with Crippen LogP contribution in [0, 0.1) is 0 Å². The third-order valence-corrected chi connectivity index (χ3v) is 5.97. The molecule has 0 aliphatic rings. The maximum absolute atomic E-state index is 12.8. The third-order valence-electron chi connectivity index (χ3n) is 4.10. The van der Waals surface area contributed by atoms with Gasteiger partial charge in [-0.2, -0.15) is 0 Å². The summed E-state index contributed by atoms with van der Waals surface area (Å²) in [7, 11) is 1.89. The van der Waals surface area contributed by atoms with Crippen LogP contribution in [-0.4, -0.2) is 43.8 Å². The van der Waals surface area contributed by atoms with Crippen LogP contribution in [0.2, 0.25) is 0 Å². The molecule has 146 valence electrons. The van der Waals surface area contributed by atoms with Gasteiger partial charge in [0.2, 0.25) is 11.8 Å². The standard InChI is InChI=1S/C19H21N5O2S2/c1-23-18(15-8-5-11-27-15)21-22-19(23)28-13-17(26)24(10-9-16(20)25)12-14-6-3-2-4-7-14/h2-8,11H,9-10,12-13H2,1H3,(H2,20,25). The lowest BCUT2D eigenvalue weighted by molar-refractivity contribution is -0.129. The Morgan fingerprint density at radius 3 is 2.64 bits per heavy atom. The zero-order valence-electron chi connectivity index (χ0n) is 15.4. The van der Waals surface area contributed by atoms with Crippen LogP contribution in [0.1, 0.15) is 12.0 Å². The summed E-state index contributed by atoms with van der Waals surface area (Å²) < 4.78 is 1.88. The van der Waals surface area contributed by atoms with Crippen LogP contribution < -0.4 is 5.73 Å². The predicted octanol–water partition coefficient (Wildman–Crippen LogP) is 2.54. The highest BCUT2D eigenvalue weighted by molar-refractivity contribution is 7.99. The molecule has 0 atom stereocenters. The van der Waals surface area contributed by atoms with Crippen molar-refractivity contribution in [2.75, 3.05) is 12.3 Å². The zero-order chi connectivity index (χ0) is 19.9. The fraction of sp³-hybridized carbons (Fsp3) is 0.263. The van der Waals surface area contributed by atoms with Gasteiger partial charge in [0.05, 0.1) is 10.6 Å². The molecule has 0 spiro atoms. The van der Waals surface area contributed by atoms with E-state index in [-0.39, 0.29) is 18.1 Å². The average Bonchev–Trinajstić information content (AvgIpc) is 3.33. The summed E-state index contributed by atoms with van der Waals surface area (Å²) >= 11 is 2.92. The van der Waals surface area contributed by atoms with Crippen LogP contribution in [0.25, 0.3) is 10.7 Å². The molecule has 2 N–H and O–H groups in total. The van der Waals surface area contributed by atoms with Gasteiger partial charge in [0.1, 0.15) is 0 Å². The van der Waals surface area contributed by atoms with Crippen molar-refractivity contribution in [1.29, 1.82) is 0 Å². The highest BCUT2D eigenvalue weighted by Gasteiger charge is 2.18. The molecule has 3 aromatic rings. The van der Waals surface area contributed by atoms with Gasteiger partial charge in [-0.15, -0.1) is 21.5 Å². The Balaban J connectivity index is 1.65. The summed E-state index contributed by atoms with van der Waals surface area (Å²) in [6.45, 7) is 0.732. The molecular formula is C19H21N5O2S2. The summed E-state index contributed by atoms with van der Waals surface area (Å²) in [4.78, 5) is 26.6. The Labute approximate surface area is 171 Å². The van der Waals surface area contributed by atoms with E-state index in [1.807, 2.05) is 59.5 Å². The number of carbonyl (C=O) groups excluding carboxylic acids is 2. The Kier molecular flexibility index (Phi) is 6.83. The smallest absolute Gasteiger partial charge is 0.233 e. The van der Waals surface area contributed by atoms with Crippen LogP contribution in [0.4, 0.5) is 0 Å². The lowest BCUT2D eigenvalue weighted by Gasteiger charge is -2.22. The number of hydrogen-bond acceptors (Lipinski definition) is 6. The maximum atomic E-state index is 12.8.